The van der Waals surface area contributed by atoms with Crippen molar-refractivity contribution >= 4 is 5.96 Å². The number of rotatable bonds is 6. The maximum Gasteiger partial charge on any atom is 0.401 e. The van der Waals surface area contributed by atoms with E-state index < -0.39 is 12.7 Å². The van der Waals surface area contributed by atoms with Crippen molar-refractivity contribution in [2.45, 2.75) is 32.1 Å². The number of aromatic nitrogens is 1. The molecule has 25 heavy (non-hydrogen) atoms. The summed E-state index contributed by atoms with van der Waals surface area (Å²) in [5, 5.41) is 6.33. The van der Waals surface area contributed by atoms with Crippen molar-refractivity contribution in [3.63, 3.8) is 0 Å². The van der Waals surface area contributed by atoms with Gasteiger partial charge in [0.2, 0.25) is 5.88 Å². The van der Waals surface area contributed by atoms with E-state index in [0.717, 1.165) is 5.56 Å². The van der Waals surface area contributed by atoms with Crippen molar-refractivity contribution in [1.29, 1.82) is 0 Å². The van der Waals surface area contributed by atoms with Crippen molar-refractivity contribution in [3.05, 3.63) is 23.9 Å². The first-order valence-electron chi connectivity index (χ1n) is 8.23. The summed E-state index contributed by atoms with van der Waals surface area (Å²) in [4.78, 5) is 9.64. The Bertz CT molecular complexity index is 579. The third-order valence-electron chi connectivity index (χ3n) is 3.79. The Hall–Kier alpha value is -2.03. The highest BCUT2D eigenvalue weighted by atomic mass is 19.4. The fourth-order valence-electron chi connectivity index (χ4n) is 2.71. The van der Waals surface area contributed by atoms with E-state index in [2.05, 4.69) is 20.6 Å². The predicted octanol–water partition coefficient (Wildman–Crippen LogP) is 1.78. The van der Waals surface area contributed by atoms with Gasteiger partial charge in [-0.05, 0) is 25.0 Å². The van der Waals surface area contributed by atoms with Crippen molar-refractivity contribution < 1.29 is 17.9 Å². The lowest BCUT2D eigenvalue weighted by molar-refractivity contribution is -0.143. The number of alkyl halides is 3. The van der Waals surface area contributed by atoms with Gasteiger partial charge in [0.25, 0.3) is 0 Å². The summed E-state index contributed by atoms with van der Waals surface area (Å²) >= 11 is 0. The monoisotopic (exact) mass is 359 g/mol. The number of nitrogens with zero attached hydrogens (tertiary/aromatic N) is 3. The molecule has 1 aromatic rings. The van der Waals surface area contributed by atoms with E-state index in [1.807, 2.05) is 19.1 Å². The predicted molar refractivity (Wildman–Crippen MR) is 89.6 cm³/mol. The van der Waals surface area contributed by atoms with Crippen LogP contribution in [-0.4, -0.2) is 61.4 Å². The highest BCUT2D eigenvalue weighted by molar-refractivity contribution is 5.80. The molecule has 0 saturated carbocycles. The first-order chi connectivity index (χ1) is 11.9. The van der Waals surface area contributed by atoms with Crippen LogP contribution in [0.2, 0.25) is 0 Å². The van der Waals surface area contributed by atoms with E-state index in [-0.39, 0.29) is 6.04 Å². The molecule has 0 spiro atoms. The number of likely N-dealkylation sites (tertiary alicyclic amines) is 1. The van der Waals surface area contributed by atoms with Crippen LogP contribution in [-0.2, 0) is 6.54 Å². The molecule has 0 aromatic carbocycles. The quantitative estimate of drug-likeness (QED) is 0.599. The molecule has 2 rings (SSSR count). The lowest BCUT2D eigenvalue weighted by Gasteiger charge is -2.20. The molecule has 2 N–H and O–H groups in total. The minimum atomic E-state index is -4.16. The zero-order valence-electron chi connectivity index (χ0n) is 14.4. The lowest BCUT2D eigenvalue weighted by atomic mass is 10.2. The molecule has 1 fully saturated rings. The third kappa shape index (κ3) is 6.77. The minimum absolute atomic E-state index is 0.0509. The molecule has 1 aliphatic heterocycles. The van der Waals surface area contributed by atoms with Crippen molar-refractivity contribution in [2.24, 2.45) is 4.99 Å². The molecule has 6 nitrogen and oxygen atoms in total. The van der Waals surface area contributed by atoms with Gasteiger partial charge < -0.3 is 15.4 Å². The van der Waals surface area contributed by atoms with E-state index in [1.165, 1.54) is 4.90 Å². The van der Waals surface area contributed by atoms with Crippen LogP contribution in [0.3, 0.4) is 0 Å². The molecule has 9 heteroatoms. The van der Waals surface area contributed by atoms with Crippen LogP contribution in [0.5, 0.6) is 5.88 Å². The average molecular weight is 359 g/mol. The topological polar surface area (TPSA) is 61.8 Å². The van der Waals surface area contributed by atoms with Gasteiger partial charge in [-0.2, -0.15) is 13.2 Å². The Morgan fingerprint density at radius 1 is 1.48 bits per heavy atom. The second kappa shape index (κ2) is 8.89. The number of guanidine groups is 1. The summed E-state index contributed by atoms with van der Waals surface area (Å²) < 4.78 is 42.7. The van der Waals surface area contributed by atoms with Gasteiger partial charge in [0, 0.05) is 45.0 Å². The Kier molecular flexibility index (Phi) is 6.86. The van der Waals surface area contributed by atoms with Gasteiger partial charge in [-0.1, -0.05) is 0 Å². The van der Waals surface area contributed by atoms with Gasteiger partial charge in [-0.15, -0.1) is 0 Å². The van der Waals surface area contributed by atoms with E-state index in [1.54, 1.807) is 13.2 Å². The van der Waals surface area contributed by atoms with Crippen LogP contribution in [0.15, 0.2) is 23.3 Å². The maximum atomic E-state index is 12.4. The zero-order valence-corrected chi connectivity index (χ0v) is 14.4. The summed E-state index contributed by atoms with van der Waals surface area (Å²) in [5.74, 6) is 1.12. The molecule has 0 bridgehead atoms. The SMILES string of the molecule is CCOc1cc(CNC(=NC)NC2CCN(CC(F)(F)F)C2)ccn1. The van der Waals surface area contributed by atoms with Gasteiger partial charge in [-0.25, -0.2) is 4.98 Å². The molecule has 1 aliphatic rings. The highest BCUT2D eigenvalue weighted by Crippen LogP contribution is 2.19. The number of aliphatic imine (C=N–C) groups is 1. The summed E-state index contributed by atoms with van der Waals surface area (Å²) in [7, 11) is 1.63. The molecule has 1 aromatic heterocycles. The van der Waals surface area contributed by atoms with Crippen molar-refractivity contribution in [3.8, 4) is 5.88 Å². The Morgan fingerprint density at radius 3 is 2.96 bits per heavy atom. The minimum Gasteiger partial charge on any atom is -0.478 e. The largest absolute Gasteiger partial charge is 0.478 e. The molecule has 0 radical (unpaired) electrons. The van der Waals surface area contributed by atoms with Gasteiger partial charge in [0.15, 0.2) is 5.96 Å². The van der Waals surface area contributed by atoms with Gasteiger partial charge in [0.1, 0.15) is 0 Å². The van der Waals surface area contributed by atoms with Crippen LogP contribution in [0.4, 0.5) is 13.2 Å². The maximum absolute atomic E-state index is 12.4. The molecule has 1 saturated heterocycles. The number of ether oxygens (including phenoxy) is 1. The third-order valence-corrected chi connectivity index (χ3v) is 3.79. The van der Waals surface area contributed by atoms with E-state index >= 15 is 0 Å². The average Bonchev–Trinajstić information content (AvgIpc) is 2.97. The van der Waals surface area contributed by atoms with Crippen LogP contribution < -0.4 is 15.4 Å². The Labute approximate surface area is 145 Å². The fraction of sp³-hybridized carbons (Fsp3) is 0.625. The fourth-order valence-corrected chi connectivity index (χ4v) is 2.71. The lowest BCUT2D eigenvalue weighted by Crippen LogP contribution is -2.44. The second-order valence-electron chi connectivity index (χ2n) is 5.84. The van der Waals surface area contributed by atoms with E-state index in [9.17, 15) is 13.2 Å². The molecular formula is C16H24F3N5O. The smallest absolute Gasteiger partial charge is 0.401 e. The number of nitrogens with one attached hydrogen (secondary N) is 2. The van der Waals surface area contributed by atoms with Gasteiger partial charge in [0.05, 0.1) is 13.2 Å². The van der Waals surface area contributed by atoms with Crippen molar-refractivity contribution in [2.75, 3.05) is 33.3 Å². The van der Waals surface area contributed by atoms with Gasteiger partial charge in [-0.3, -0.25) is 9.89 Å². The van der Waals surface area contributed by atoms with Crippen LogP contribution in [0.1, 0.15) is 18.9 Å². The van der Waals surface area contributed by atoms with E-state index in [0.29, 0.717) is 44.5 Å². The molecule has 0 aliphatic carbocycles. The second-order valence-corrected chi connectivity index (χ2v) is 5.84. The summed E-state index contributed by atoms with van der Waals surface area (Å²) in [6.07, 6.45) is -1.83. The molecule has 1 unspecified atom stereocenters. The molecule has 1 atom stereocenters. The van der Waals surface area contributed by atoms with Crippen LogP contribution in [0, 0.1) is 0 Å². The molecule has 2 heterocycles. The summed E-state index contributed by atoms with van der Waals surface area (Å²) in [6.45, 7) is 2.86. The number of pyridine rings is 1. The van der Waals surface area contributed by atoms with Crippen LogP contribution >= 0.6 is 0 Å². The molecule has 0 amide bonds. The number of hydrogen-bond acceptors (Lipinski definition) is 4. The summed E-state index contributed by atoms with van der Waals surface area (Å²) in [6, 6.07) is 3.65. The normalized spacial score (nSPS) is 19.1. The Morgan fingerprint density at radius 2 is 2.28 bits per heavy atom. The van der Waals surface area contributed by atoms with E-state index in [4.69, 9.17) is 4.74 Å². The molecule has 140 valence electrons. The van der Waals surface area contributed by atoms with Gasteiger partial charge >= 0.3 is 6.18 Å². The zero-order chi connectivity index (χ0) is 18.3. The summed E-state index contributed by atoms with van der Waals surface area (Å²) in [5.41, 5.74) is 0.978. The van der Waals surface area contributed by atoms with Crippen molar-refractivity contribution in [1.82, 2.24) is 20.5 Å². The first-order valence-corrected chi connectivity index (χ1v) is 8.23. The standard InChI is InChI=1S/C16H24F3N5O/c1-3-25-14-8-12(4-6-21-14)9-22-15(20-2)23-13-5-7-24(10-13)11-16(17,18)19/h4,6,8,13H,3,5,7,9-11H2,1-2H3,(H2,20,22,23). The Balaban J connectivity index is 1.80. The van der Waals surface area contributed by atoms with Crippen LogP contribution in [0.25, 0.3) is 0 Å². The number of halogens is 3. The molecular weight excluding hydrogens is 335 g/mol. The number of hydrogen-bond donors (Lipinski definition) is 2. The highest BCUT2D eigenvalue weighted by Gasteiger charge is 2.34. The first kappa shape index (κ1) is 19.3.